The number of aliphatic carboxylic acids is 1. The fraction of sp³-hybridized carbons (Fsp3) is 0.125. The molecule has 0 aliphatic carbocycles. The fourth-order valence-corrected chi connectivity index (χ4v) is 1.13. The minimum absolute atomic E-state index is 0.0988. The second-order valence-electron chi connectivity index (χ2n) is 2.50. The molecule has 60 valence electrons. The maximum atomic E-state index is 10.5. The van der Waals surface area contributed by atoms with Crippen LogP contribution < -0.4 is 0 Å². The summed E-state index contributed by atoms with van der Waals surface area (Å²) in [6.07, 6.45) is 4.98. The molecule has 4 heteroatoms. The van der Waals surface area contributed by atoms with E-state index >= 15 is 0 Å². The largest absolute Gasteiger partial charge is 0.477 e. The summed E-state index contributed by atoms with van der Waals surface area (Å²) in [5, 5.41) is 8.62. The lowest BCUT2D eigenvalue weighted by Crippen LogP contribution is -2.06. The number of carbonyl (C=O) groups is 1. The van der Waals surface area contributed by atoms with Crippen molar-refractivity contribution in [2.24, 2.45) is 9.98 Å². The Labute approximate surface area is 68.6 Å². The lowest BCUT2D eigenvalue weighted by molar-refractivity contribution is -0.132. The summed E-state index contributed by atoms with van der Waals surface area (Å²) < 4.78 is 0. The Morgan fingerprint density at radius 3 is 3.08 bits per heavy atom. The molecule has 0 amide bonds. The van der Waals surface area contributed by atoms with Gasteiger partial charge in [-0.2, -0.15) is 0 Å². The zero-order chi connectivity index (χ0) is 8.55. The van der Waals surface area contributed by atoms with Crippen molar-refractivity contribution in [1.82, 2.24) is 0 Å². The van der Waals surface area contributed by atoms with Crippen LogP contribution in [0.2, 0.25) is 0 Å². The third-order valence-corrected chi connectivity index (χ3v) is 1.70. The van der Waals surface area contributed by atoms with Gasteiger partial charge in [-0.3, -0.25) is 4.99 Å². The Bertz CT molecular complexity index is 358. The number of allylic oxidation sites excluding steroid dienone is 2. The maximum absolute atomic E-state index is 10.5. The van der Waals surface area contributed by atoms with Crippen LogP contribution in [0.4, 0.5) is 0 Å². The molecule has 0 saturated heterocycles. The van der Waals surface area contributed by atoms with E-state index in [1.165, 1.54) is 0 Å². The number of carboxylic acid groups (broad SMARTS) is 1. The minimum Gasteiger partial charge on any atom is -0.477 e. The van der Waals surface area contributed by atoms with Crippen molar-refractivity contribution in [2.75, 3.05) is 6.54 Å². The average molecular weight is 162 g/mol. The van der Waals surface area contributed by atoms with Crippen LogP contribution in [-0.4, -0.2) is 29.5 Å². The summed E-state index contributed by atoms with van der Waals surface area (Å²) >= 11 is 0. The second kappa shape index (κ2) is 2.41. The summed E-state index contributed by atoms with van der Waals surface area (Å²) in [5.74, 6) is -0.988. The van der Waals surface area contributed by atoms with Crippen molar-refractivity contribution in [3.63, 3.8) is 0 Å². The highest BCUT2D eigenvalue weighted by atomic mass is 16.4. The van der Waals surface area contributed by atoms with Gasteiger partial charge in [0.2, 0.25) is 0 Å². The van der Waals surface area contributed by atoms with E-state index in [0.29, 0.717) is 6.54 Å². The number of dihydropyridines is 1. The molecule has 0 aromatic heterocycles. The highest BCUT2D eigenvalue weighted by Gasteiger charge is 2.19. The highest BCUT2D eigenvalue weighted by molar-refractivity contribution is 6.14. The molecule has 0 unspecified atom stereocenters. The molecule has 0 atom stereocenters. The Hall–Kier alpha value is -1.71. The van der Waals surface area contributed by atoms with Crippen LogP contribution in [0, 0.1) is 0 Å². The first-order valence-corrected chi connectivity index (χ1v) is 3.50. The number of aliphatic imine (C=N–C) groups is 2. The van der Waals surface area contributed by atoms with Crippen molar-refractivity contribution in [2.45, 2.75) is 0 Å². The van der Waals surface area contributed by atoms with Gasteiger partial charge in [-0.15, -0.1) is 0 Å². The molecule has 1 N–H and O–H groups in total. The summed E-state index contributed by atoms with van der Waals surface area (Å²) in [6.45, 7) is 0.485. The van der Waals surface area contributed by atoms with Crippen molar-refractivity contribution in [3.8, 4) is 0 Å². The van der Waals surface area contributed by atoms with Crippen LogP contribution in [0.3, 0.4) is 0 Å². The first-order chi connectivity index (χ1) is 5.77. The van der Waals surface area contributed by atoms with Gasteiger partial charge >= 0.3 is 5.97 Å². The molecular formula is C8H6N2O2. The first-order valence-electron chi connectivity index (χ1n) is 3.50. The second-order valence-corrected chi connectivity index (χ2v) is 2.50. The predicted octanol–water partition coefficient (Wildman–Crippen LogP) is 0.420. The van der Waals surface area contributed by atoms with Gasteiger partial charge in [-0.05, 0) is 12.2 Å². The number of hydrogen-bond acceptors (Lipinski definition) is 3. The van der Waals surface area contributed by atoms with E-state index in [1.807, 2.05) is 0 Å². The summed E-state index contributed by atoms with van der Waals surface area (Å²) in [7, 11) is 0. The van der Waals surface area contributed by atoms with Crippen molar-refractivity contribution < 1.29 is 9.90 Å². The molecule has 0 aromatic rings. The van der Waals surface area contributed by atoms with Gasteiger partial charge in [-0.25, -0.2) is 9.79 Å². The molecular weight excluding hydrogens is 156 g/mol. The van der Waals surface area contributed by atoms with Crippen LogP contribution in [0.15, 0.2) is 33.4 Å². The number of nitrogens with zero attached hydrogens (tertiary/aromatic N) is 2. The Morgan fingerprint density at radius 2 is 2.42 bits per heavy atom. The number of carboxylic acids is 1. The molecule has 2 heterocycles. The average Bonchev–Trinajstić information content (AvgIpc) is 2.46. The van der Waals surface area contributed by atoms with Gasteiger partial charge in [-0.1, -0.05) is 0 Å². The molecule has 0 radical (unpaired) electrons. The quantitative estimate of drug-likeness (QED) is 0.607. The van der Waals surface area contributed by atoms with Crippen LogP contribution >= 0.6 is 0 Å². The van der Waals surface area contributed by atoms with E-state index < -0.39 is 5.97 Å². The summed E-state index contributed by atoms with van der Waals surface area (Å²) in [5.41, 5.74) is 1.71. The molecule has 12 heavy (non-hydrogen) atoms. The molecule has 0 saturated carbocycles. The topological polar surface area (TPSA) is 62.0 Å². The molecule has 0 fully saturated rings. The third-order valence-electron chi connectivity index (χ3n) is 1.70. The summed E-state index contributed by atoms with van der Waals surface area (Å²) in [6, 6.07) is 0. The van der Waals surface area contributed by atoms with Gasteiger partial charge in [0.05, 0.1) is 12.3 Å². The number of fused-ring (bicyclic) bond motifs is 1. The molecule has 0 spiro atoms. The Balaban J connectivity index is 2.38. The smallest absolute Gasteiger partial charge is 0.354 e. The van der Waals surface area contributed by atoms with E-state index in [4.69, 9.17) is 5.11 Å². The van der Waals surface area contributed by atoms with E-state index in [-0.39, 0.29) is 5.70 Å². The van der Waals surface area contributed by atoms with Crippen LogP contribution in [0.5, 0.6) is 0 Å². The molecule has 0 bridgehead atoms. The highest BCUT2D eigenvalue weighted by Crippen LogP contribution is 2.17. The molecule has 2 aliphatic rings. The Morgan fingerprint density at radius 1 is 1.58 bits per heavy atom. The molecule has 2 aliphatic heterocycles. The van der Waals surface area contributed by atoms with E-state index in [2.05, 4.69) is 9.98 Å². The van der Waals surface area contributed by atoms with Gasteiger partial charge in [0.15, 0.2) is 0 Å². The van der Waals surface area contributed by atoms with Gasteiger partial charge in [0, 0.05) is 11.8 Å². The van der Waals surface area contributed by atoms with Gasteiger partial charge < -0.3 is 5.11 Å². The van der Waals surface area contributed by atoms with Crippen molar-refractivity contribution in [1.29, 1.82) is 0 Å². The van der Waals surface area contributed by atoms with Crippen molar-refractivity contribution in [3.05, 3.63) is 23.4 Å². The monoisotopic (exact) mass is 162 g/mol. The lowest BCUT2D eigenvalue weighted by Gasteiger charge is -2.00. The number of hydrogen-bond donors (Lipinski definition) is 1. The molecule has 4 nitrogen and oxygen atoms in total. The third kappa shape index (κ3) is 0.972. The lowest BCUT2D eigenvalue weighted by atomic mass is 10.1. The van der Waals surface area contributed by atoms with Gasteiger partial charge in [0.1, 0.15) is 5.70 Å². The van der Waals surface area contributed by atoms with Crippen LogP contribution in [0.25, 0.3) is 0 Å². The van der Waals surface area contributed by atoms with Crippen molar-refractivity contribution >= 4 is 17.9 Å². The standard InChI is InChI=1S/C8H6N2O2/c11-8(12)6-3-5-1-2-9-4-7(5)10-6/h1-3H,4H2,(H,11,12). The summed E-state index contributed by atoms with van der Waals surface area (Å²) in [4.78, 5) is 18.4. The van der Waals surface area contributed by atoms with E-state index in [9.17, 15) is 4.79 Å². The first kappa shape index (κ1) is 6.97. The van der Waals surface area contributed by atoms with E-state index in [1.54, 1.807) is 18.4 Å². The van der Waals surface area contributed by atoms with Crippen LogP contribution in [0.1, 0.15) is 0 Å². The van der Waals surface area contributed by atoms with Crippen LogP contribution in [-0.2, 0) is 4.79 Å². The van der Waals surface area contributed by atoms with E-state index in [0.717, 1.165) is 11.3 Å². The molecule has 0 aromatic carbocycles. The fourth-order valence-electron chi connectivity index (χ4n) is 1.13. The predicted molar refractivity (Wildman–Crippen MR) is 44.6 cm³/mol. The molecule has 2 rings (SSSR count). The normalized spacial score (nSPS) is 19.5. The maximum Gasteiger partial charge on any atom is 0.354 e. The minimum atomic E-state index is -0.988. The Kier molecular flexibility index (Phi) is 1.40. The number of rotatable bonds is 1. The van der Waals surface area contributed by atoms with Gasteiger partial charge in [0.25, 0.3) is 0 Å². The zero-order valence-electron chi connectivity index (χ0n) is 6.19. The SMILES string of the molecule is O=C(O)C1=CC2=CC=NCC2=N1. The zero-order valence-corrected chi connectivity index (χ0v) is 6.19.